The Balaban J connectivity index is 1.81. The van der Waals surface area contributed by atoms with E-state index in [-0.39, 0.29) is 11.5 Å². The molecule has 0 aromatic carbocycles. The predicted molar refractivity (Wildman–Crippen MR) is 64.8 cm³/mol. The quantitative estimate of drug-likeness (QED) is 0.730. The molecule has 0 bridgehead atoms. The van der Waals surface area contributed by atoms with Crippen LogP contribution in [0.5, 0.6) is 0 Å². The second kappa shape index (κ2) is 3.84. The highest BCUT2D eigenvalue weighted by atomic mass is 32.2. The van der Waals surface area contributed by atoms with Crippen molar-refractivity contribution < 1.29 is 22.5 Å². The van der Waals surface area contributed by atoms with Crippen LogP contribution in [0.15, 0.2) is 0 Å². The average Bonchev–Trinajstić information content (AvgIpc) is 1.90. The number of rotatable bonds is 1. The fourth-order valence-corrected chi connectivity index (χ4v) is 3.72. The van der Waals surface area contributed by atoms with Gasteiger partial charge in [-0.15, -0.1) is 0 Å². The number of carbonyl (C=O) groups excluding carboxylic acids is 1. The molecular formula is C11H19NO5S. The van der Waals surface area contributed by atoms with Crippen molar-refractivity contribution >= 4 is 16.2 Å². The van der Waals surface area contributed by atoms with Crippen molar-refractivity contribution in [2.45, 2.75) is 44.5 Å². The van der Waals surface area contributed by atoms with Crippen LogP contribution in [0.1, 0.15) is 33.6 Å². The molecule has 0 aromatic heterocycles. The van der Waals surface area contributed by atoms with E-state index < -0.39 is 21.0 Å². The van der Waals surface area contributed by atoms with Crippen LogP contribution >= 0.6 is 0 Å². The number of carbonyl (C=O) groups is 1. The van der Waals surface area contributed by atoms with Gasteiger partial charge in [-0.25, -0.2) is 4.79 Å². The number of likely N-dealkylation sites (tertiary alicyclic amines) is 1. The maximum atomic E-state index is 11.7. The normalized spacial score (nSPS) is 23.4. The molecule has 1 N–H and O–H groups in total. The number of hydrogen-bond donors (Lipinski definition) is 1. The second-order valence-corrected chi connectivity index (χ2v) is 8.08. The third kappa shape index (κ3) is 2.61. The molecule has 7 heteroatoms. The van der Waals surface area contributed by atoms with E-state index >= 15 is 0 Å². The summed E-state index contributed by atoms with van der Waals surface area (Å²) < 4.78 is 35.9. The highest BCUT2D eigenvalue weighted by molar-refractivity contribution is 7.86. The summed E-state index contributed by atoms with van der Waals surface area (Å²) in [7, 11) is -3.91. The minimum absolute atomic E-state index is 0.114. The number of ether oxygens (including phenoxy) is 1. The second-order valence-electron chi connectivity index (χ2n) is 6.38. The Labute approximate surface area is 107 Å². The molecule has 1 aliphatic carbocycles. The van der Waals surface area contributed by atoms with Crippen LogP contribution in [0.2, 0.25) is 0 Å². The van der Waals surface area contributed by atoms with E-state index in [2.05, 4.69) is 0 Å². The minimum Gasteiger partial charge on any atom is -0.444 e. The van der Waals surface area contributed by atoms with Crippen molar-refractivity contribution in [1.29, 1.82) is 0 Å². The Morgan fingerprint density at radius 1 is 1.33 bits per heavy atom. The molecule has 0 aromatic rings. The van der Waals surface area contributed by atoms with Crippen LogP contribution in [-0.2, 0) is 14.9 Å². The molecule has 6 nitrogen and oxygen atoms in total. The molecule has 2 aliphatic rings. The van der Waals surface area contributed by atoms with Gasteiger partial charge in [0.2, 0.25) is 0 Å². The Hall–Kier alpha value is -0.820. The lowest BCUT2D eigenvalue weighted by molar-refractivity contribution is -0.0678. The number of nitrogens with zero attached hydrogens (tertiary/aromatic N) is 1. The summed E-state index contributed by atoms with van der Waals surface area (Å²) in [5, 5.41) is -0.654. The van der Waals surface area contributed by atoms with Crippen molar-refractivity contribution in [2.75, 3.05) is 13.1 Å². The third-order valence-electron chi connectivity index (χ3n) is 3.45. The lowest BCUT2D eigenvalue weighted by atomic mass is 9.63. The number of hydrogen-bond acceptors (Lipinski definition) is 4. The standard InChI is InChI=1S/C11H19NO5S/c1-10(2,3)17-9(13)12-6-11(7-12)4-8(5-11)18(14,15)16/h8H,4-7H2,1-3H3,(H,14,15,16). The van der Waals surface area contributed by atoms with Crippen molar-refractivity contribution in [2.24, 2.45) is 5.41 Å². The van der Waals surface area contributed by atoms with Crippen LogP contribution in [0.4, 0.5) is 4.79 Å². The van der Waals surface area contributed by atoms with Crippen LogP contribution in [0, 0.1) is 5.41 Å². The Morgan fingerprint density at radius 3 is 2.22 bits per heavy atom. The van der Waals surface area contributed by atoms with Gasteiger partial charge in [-0.1, -0.05) is 0 Å². The Kier molecular flexibility index (Phi) is 2.90. The maximum absolute atomic E-state index is 11.7. The molecule has 1 heterocycles. The first-order valence-corrected chi connectivity index (χ1v) is 7.45. The fourth-order valence-electron chi connectivity index (χ4n) is 2.59. The monoisotopic (exact) mass is 277 g/mol. The first-order valence-electron chi connectivity index (χ1n) is 5.95. The van der Waals surface area contributed by atoms with E-state index in [1.54, 1.807) is 25.7 Å². The molecule has 104 valence electrons. The molecule has 0 radical (unpaired) electrons. The topological polar surface area (TPSA) is 83.9 Å². The molecule has 0 atom stereocenters. The van der Waals surface area contributed by atoms with E-state index in [1.165, 1.54) is 0 Å². The molecule has 1 spiro atoms. The molecule has 1 amide bonds. The van der Waals surface area contributed by atoms with Gasteiger partial charge in [-0.05, 0) is 33.6 Å². The predicted octanol–water partition coefficient (Wildman–Crippen LogP) is 1.27. The van der Waals surface area contributed by atoms with Crippen molar-refractivity contribution in [3.63, 3.8) is 0 Å². The van der Waals surface area contributed by atoms with Crippen molar-refractivity contribution in [3.05, 3.63) is 0 Å². The van der Waals surface area contributed by atoms with Gasteiger partial charge in [0.1, 0.15) is 5.60 Å². The fraction of sp³-hybridized carbons (Fsp3) is 0.909. The summed E-state index contributed by atoms with van der Waals surface area (Å²) in [6.07, 6.45) is 0.513. The summed E-state index contributed by atoms with van der Waals surface area (Å²) in [4.78, 5) is 13.3. The largest absolute Gasteiger partial charge is 0.444 e. The maximum Gasteiger partial charge on any atom is 0.410 e. The molecule has 18 heavy (non-hydrogen) atoms. The molecule has 2 rings (SSSR count). The van der Waals surface area contributed by atoms with E-state index in [1.807, 2.05) is 0 Å². The Morgan fingerprint density at radius 2 is 1.83 bits per heavy atom. The Bertz CT molecular complexity index is 450. The lowest BCUT2D eigenvalue weighted by Gasteiger charge is -2.57. The van der Waals surface area contributed by atoms with Crippen molar-refractivity contribution in [1.82, 2.24) is 4.90 Å². The van der Waals surface area contributed by atoms with E-state index in [9.17, 15) is 13.2 Å². The summed E-state index contributed by atoms with van der Waals surface area (Å²) in [5.41, 5.74) is -0.631. The van der Waals surface area contributed by atoms with Gasteiger partial charge >= 0.3 is 6.09 Å². The van der Waals surface area contributed by atoms with Crippen LogP contribution in [-0.4, -0.2) is 47.9 Å². The molecular weight excluding hydrogens is 258 g/mol. The van der Waals surface area contributed by atoms with Gasteiger partial charge in [-0.2, -0.15) is 8.42 Å². The summed E-state index contributed by atoms with van der Waals surface area (Å²) >= 11 is 0. The van der Waals surface area contributed by atoms with E-state index in [0.29, 0.717) is 25.9 Å². The van der Waals surface area contributed by atoms with Crippen molar-refractivity contribution in [3.8, 4) is 0 Å². The zero-order valence-corrected chi connectivity index (χ0v) is 11.7. The van der Waals surface area contributed by atoms with Gasteiger partial charge in [0, 0.05) is 18.5 Å². The summed E-state index contributed by atoms with van der Waals surface area (Å²) in [6.45, 7) is 6.45. The lowest BCUT2D eigenvalue weighted by Crippen LogP contribution is -2.66. The third-order valence-corrected chi connectivity index (χ3v) is 4.62. The van der Waals surface area contributed by atoms with Gasteiger partial charge < -0.3 is 9.64 Å². The highest BCUT2D eigenvalue weighted by Crippen LogP contribution is 2.50. The van der Waals surface area contributed by atoms with E-state index in [0.717, 1.165) is 0 Å². The highest BCUT2D eigenvalue weighted by Gasteiger charge is 2.57. The van der Waals surface area contributed by atoms with E-state index in [4.69, 9.17) is 9.29 Å². The zero-order chi connectivity index (χ0) is 13.8. The van der Waals surface area contributed by atoms with Gasteiger partial charge in [-0.3, -0.25) is 4.55 Å². The van der Waals surface area contributed by atoms with Gasteiger partial charge in [0.05, 0.1) is 5.25 Å². The van der Waals surface area contributed by atoms with Crippen LogP contribution in [0.3, 0.4) is 0 Å². The first-order chi connectivity index (χ1) is 8.01. The molecule has 2 fully saturated rings. The molecule has 1 saturated heterocycles. The zero-order valence-electron chi connectivity index (χ0n) is 10.8. The summed E-state index contributed by atoms with van der Waals surface area (Å²) in [5.74, 6) is 0. The molecule has 1 aliphatic heterocycles. The molecule has 1 saturated carbocycles. The first kappa shape index (κ1) is 13.6. The SMILES string of the molecule is CC(C)(C)OC(=O)N1CC2(CC(S(=O)(=O)O)C2)C1. The van der Waals surface area contributed by atoms with Crippen LogP contribution in [0.25, 0.3) is 0 Å². The molecule has 0 unspecified atom stereocenters. The number of amides is 1. The minimum atomic E-state index is -3.91. The van der Waals surface area contributed by atoms with Gasteiger partial charge in [0.25, 0.3) is 10.1 Å². The van der Waals surface area contributed by atoms with Gasteiger partial charge in [0.15, 0.2) is 0 Å². The van der Waals surface area contributed by atoms with Crippen LogP contribution < -0.4 is 0 Å². The smallest absolute Gasteiger partial charge is 0.410 e. The summed E-state index contributed by atoms with van der Waals surface area (Å²) in [6, 6.07) is 0. The average molecular weight is 277 g/mol.